The topological polar surface area (TPSA) is 40.5 Å². The third-order valence-electron chi connectivity index (χ3n) is 3.32. The standard InChI is InChI=1S/C9H15NO2/c1-6-7(5-11)8-3-2-4-10(8)9(6)12/h6-8,11H,2-5H2,1H3. The van der Waals surface area contributed by atoms with Gasteiger partial charge in [0, 0.05) is 31.0 Å². The van der Waals surface area contributed by atoms with Crippen LogP contribution in [0.25, 0.3) is 0 Å². The van der Waals surface area contributed by atoms with Crippen molar-refractivity contribution in [3.05, 3.63) is 0 Å². The summed E-state index contributed by atoms with van der Waals surface area (Å²) < 4.78 is 0. The fourth-order valence-corrected chi connectivity index (χ4v) is 2.57. The normalized spacial score (nSPS) is 40.7. The summed E-state index contributed by atoms with van der Waals surface area (Å²) in [5, 5.41) is 9.12. The molecule has 0 aromatic carbocycles. The molecule has 0 aromatic rings. The molecule has 2 aliphatic heterocycles. The summed E-state index contributed by atoms with van der Waals surface area (Å²) in [6.07, 6.45) is 2.20. The van der Waals surface area contributed by atoms with Crippen LogP contribution in [0.1, 0.15) is 19.8 Å². The van der Waals surface area contributed by atoms with E-state index in [0.717, 1.165) is 19.4 Å². The van der Waals surface area contributed by atoms with Crippen molar-refractivity contribution < 1.29 is 9.90 Å². The Hall–Kier alpha value is -0.570. The van der Waals surface area contributed by atoms with Crippen LogP contribution in [0, 0.1) is 11.8 Å². The average molecular weight is 169 g/mol. The zero-order chi connectivity index (χ0) is 8.72. The molecule has 1 N–H and O–H groups in total. The van der Waals surface area contributed by atoms with Crippen molar-refractivity contribution in [1.82, 2.24) is 4.90 Å². The highest BCUT2D eigenvalue weighted by Gasteiger charge is 2.46. The molecule has 0 bridgehead atoms. The van der Waals surface area contributed by atoms with Gasteiger partial charge in [0.25, 0.3) is 0 Å². The molecule has 1 amide bonds. The number of aliphatic hydroxyl groups excluding tert-OH is 1. The molecule has 0 spiro atoms. The molecule has 3 atom stereocenters. The zero-order valence-electron chi connectivity index (χ0n) is 7.36. The van der Waals surface area contributed by atoms with Crippen LogP contribution in [-0.4, -0.2) is 35.1 Å². The molecular formula is C9H15NO2. The summed E-state index contributed by atoms with van der Waals surface area (Å²) in [6.45, 7) is 3.00. The van der Waals surface area contributed by atoms with Crippen LogP contribution in [0.15, 0.2) is 0 Å². The minimum atomic E-state index is 0.0419. The number of amides is 1. The van der Waals surface area contributed by atoms with Crippen LogP contribution < -0.4 is 0 Å². The Kier molecular flexibility index (Phi) is 1.83. The quantitative estimate of drug-likeness (QED) is 0.610. The van der Waals surface area contributed by atoms with Gasteiger partial charge >= 0.3 is 0 Å². The van der Waals surface area contributed by atoms with Gasteiger partial charge in [0.15, 0.2) is 0 Å². The lowest BCUT2D eigenvalue weighted by atomic mass is 9.91. The van der Waals surface area contributed by atoms with Crippen molar-refractivity contribution in [1.29, 1.82) is 0 Å². The number of carbonyl (C=O) groups is 1. The highest BCUT2D eigenvalue weighted by molar-refractivity contribution is 5.82. The van der Waals surface area contributed by atoms with Crippen molar-refractivity contribution in [2.24, 2.45) is 11.8 Å². The molecule has 12 heavy (non-hydrogen) atoms. The van der Waals surface area contributed by atoms with E-state index in [9.17, 15) is 4.79 Å². The van der Waals surface area contributed by atoms with E-state index in [1.807, 2.05) is 11.8 Å². The lowest BCUT2D eigenvalue weighted by molar-refractivity contribution is -0.130. The van der Waals surface area contributed by atoms with Crippen molar-refractivity contribution in [3.8, 4) is 0 Å². The molecule has 68 valence electrons. The molecule has 3 unspecified atom stereocenters. The molecule has 3 heteroatoms. The maximum absolute atomic E-state index is 11.6. The van der Waals surface area contributed by atoms with Crippen molar-refractivity contribution in [2.75, 3.05) is 13.2 Å². The van der Waals surface area contributed by atoms with Crippen LogP contribution in [-0.2, 0) is 4.79 Å². The molecular weight excluding hydrogens is 154 g/mol. The minimum absolute atomic E-state index is 0.0419. The van der Waals surface area contributed by atoms with Gasteiger partial charge in [-0.3, -0.25) is 4.79 Å². The van der Waals surface area contributed by atoms with Gasteiger partial charge in [-0.2, -0.15) is 0 Å². The molecule has 0 aromatic heterocycles. The van der Waals surface area contributed by atoms with E-state index in [-0.39, 0.29) is 24.3 Å². The van der Waals surface area contributed by atoms with Crippen LogP contribution in [0.4, 0.5) is 0 Å². The summed E-state index contributed by atoms with van der Waals surface area (Å²) in [4.78, 5) is 13.5. The Labute approximate surface area is 72.4 Å². The SMILES string of the molecule is CC1C(=O)N2CCCC2C1CO. The van der Waals surface area contributed by atoms with Crippen LogP contribution in [0.3, 0.4) is 0 Å². The molecule has 0 aliphatic carbocycles. The van der Waals surface area contributed by atoms with E-state index in [4.69, 9.17) is 5.11 Å². The first kappa shape index (κ1) is 8.05. The van der Waals surface area contributed by atoms with Gasteiger partial charge in [-0.1, -0.05) is 6.92 Å². The first-order valence-corrected chi connectivity index (χ1v) is 4.67. The van der Waals surface area contributed by atoms with Crippen molar-refractivity contribution in [2.45, 2.75) is 25.8 Å². The van der Waals surface area contributed by atoms with E-state index in [1.165, 1.54) is 0 Å². The second-order valence-corrected chi connectivity index (χ2v) is 3.88. The number of hydrogen-bond acceptors (Lipinski definition) is 2. The molecule has 0 saturated carbocycles. The van der Waals surface area contributed by atoms with Crippen LogP contribution in [0.2, 0.25) is 0 Å². The van der Waals surface area contributed by atoms with E-state index in [2.05, 4.69) is 0 Å². The number of aliphatic hydroxyl groups is 1. The van der Waals surface area contributed by atoms with Gasteiger partial charge in [0.2, 0.25) is 5.91 Å². The van der Waals surface area contributed by atoms with Gasteiger partial charge in [-0.25, -0.2) is 0 Å². The van der Waals surface area contributed by atoms with Gasteiger partial charge in [-0.05, 0) is 12.8 Å². The molecule has 2 rings (SSSR count). The Morgan fingerprint density at radius 2 is 2.42 bits per heavy atom. The average Bonchev–Trinajstić information content (AvgIpc) is 2.59. The Balaban J connectivity index is 2.21. The summed E-state index contributed by atoms with van der Waals surface area (Å²) in [5.74, 6) is 0.483. The molecule has 2 aliphatic rings. The van der Waals surface area contributed by atoms with E-state index < -0.39 is 0 Å². The van der Waals surface area contributed by atoms with E-state index >= 15 is 0 Å². The monoisotopic (exact) mass is 169 g/mol. The van der Waals surface area contributed by atoms with Crippen molar-refractivity contribution >= 4 is 5.91 Å². The number of rotatable bonds is 1. The molecule has 2 fully saturated rings. The van der Waals surface area contributed by atoms with E-state index in [1.54, 1.807) is 0 Å². The summed E-state index contributed by atoms with van der Waals surface area (Å²) in [6, 6.07) is 0.345. The first-order chi connectivity index (χ1) is 5.75. The van der Waals surface area contributed by atoms with Crippen LogP contribution in [0.5, 0.6) is 0 Å². The molecule has 2 heterocycles. The second-order valence-electron chi connectivity index (χ2n) is 3.88. The Morgan fingerprint density at radius 1 is 1.67 bits per heavy atom. The number of nitrogens with zero attached hydrogens (tertiary/aromatic N) is 1. The summed E-state index contributed by atoms with van der Waals surface area (Å²) in [7, 11) is 0. The highest BCUT2D eigenvalue weighted by Crippen LogP contribution is 2.36. The smallest absolute Gasteiger partial charge is 0.226 e. The zero-order valence-corrected chi connectivity index (χ0v) is 7.36. The predicted molar refractivity (Wildman–Crippen MR) is 44.5 cm³/mol. The largest absolute Gasteiger partial charge is 0.396 e. The van der Waals surface area contributed by atoms with Gasteiger partial charge in [0.05, 0.1) is 0 Å². The Bertz CT molecular complexity index is 205. The molecule has 2 saturated heterocycles. The predicted octanol–water partition coefficient (Wildman–Crippen LogP) is 0.236. The van der Waals surface area contributed by atoms with Gasteiger partial charge < -0.3 is 10.0 Å². The number of hydrogen-bond donors (Lipinski definition) is 1. The third-order valence-corrected chi connectivity index (χ3v) is 3.32. The van der Waals surface area contributed by atoms with Gasteiger partial charge in [0.1, 0.15) is 0 Å². The Morgan fingerprint density at radius 3 is 3.08 bits per heavy atom. The lowest BCUT2D eigenvalue weighted by Crippen LogP contribution is -2.29. The fraction of sp³-hybridized carbons (Fsp3) is 0.889. The summed E-state index contributed by atoms with van der Waals surface area (Å²) >= 11 is 0. The van der Waals surface area contributed by atoms with E-state index in [0.29, 0.717) is 6.04 Å². The highest BCUT2D eigenvalue weighted by atomic mass is 16.3. The van der Waals surface area contributed by atoms with Crippen LogP contribution >= 0.6 is 0 Å². The van der Waals surface area contributed by atoms with Gasteiger partial charge in [-0.15, -0.1) is 0 Å². The maximum Gasteiger partial charge on any atom is 0.226 e. The maximum atomic E-state index is 11.6. The lowest BCUT2D eigenvalue weighted by Gasteiger charge is -2.18. The fourth-order valence-electron chi connectivity index (χ4n) is 2.57. The molecule has 0 radical (unpaired) electrons. The minimum Gasteiger partial charge on any atom is -0.396 e. The molecule has 3 nitrogen and oxygen atoms in total. The second kappa shape index (κ2) is 2.73. The number of carbonyl (C=O) groups excluding carboxylic acids is 1. The van der Waals surface area contributed by atoms with Crippen molar-refractivity contribution in [3.63, 3.8) is 0 Å². The third kappa shape index (κ3) is 0.891. The first-order valence-electron chi connectivity index (χ1n) is 4.67. The number of fused-ring (bicyclic) bond motifs is 1. The summed E-state index contributed by atoms with van der Waals surface area (Å²) in [5.41, 5.74) is 0.